The zero-order valence-corrected chi connectivity index (χ0v) is 7.36. The molecule has 0 saturated heterocycles. The first kappa shape index (κ1) is 9.90. The first-order valence-corrected chi connectivity index (χ1v) is 4.74. The van der Waals surface area contributed by atoms with Crippen molar-refractivity contribution in [3.05, 3.63) is 0 Å². The average molecular weight is 177 g/mol. The maximum atomic E-state index is 13.3. The molecule has 0 aromatic rings. The standard InChI is InChI=1S/C9H17F2N/c10-9(11)6-3-1-2-4-8(9)5-7-12/h8H,1-7,12H2. The third kappa shape index (κ3) is 2.41. The Labute approximate surface area is 72.3 Å². The Morgan fingerprint density at radius 2 is 2.00 bits per heavy atom. The molecule has 1 fully saturated rings. The van der Waals surface area contributed by atoms with Crippen molar-refractivity contribution in [3.63, 3.8) is 0 Å². The highest BCUT2D eigenvalue weighted by Crippen LogP contribution is 2.38. The number of alkyl halides is 2. The first-order valence-electron chi connectivity index (χ1n) is 4.74. The van der Waals surface area contributed by atoms with Crippen molar-refractivity contribution in [3.8, 4) is 0 Å². The van der Waals surface area contributed by atoms with Gasteiger partial charge in [-0.3, -0.25) is 0 Å². The highest BCUT2D eigenvalue weighted by Gasteiger charge is 2.38. The van der Waals surface area contributed by atoms with Crippen molar-refractivity contribution < 1.29 is 8.78 Å². The molecule has 1 rings (SSSR count). The van der Waals surface area contributed by atoms with E-state index < -0.39 is 11.8 Å². The van der Waals surface area contributed by atoms with Crippen molar-refractivity contribution in [2.45, 2.75) is 44.4 Å². The summed E-state index contributed by atoms with van der Waals surface area (Å²) in [5, 5.41) is 0. The van der Waals surface area contributed by atoms with Crippen molar-refractivity contribution >= 4 is 0 Å². The van der Waals surface area contributed by atoms with Crippen LogP contribution in [0.3, 0.4) is 0 Å². The van der Waals surface area contributed by atoms with Gasteiger partial charge < -0.3 is 5.73 Å². The summed E-state index contributed by atoms with van der Waals surface area (Å²) in [7, 11) is 0. The van der Waals surface area contributed by atoms with Gasteiger partial charge in [0, 0.05) is 12.3 Å². The van der Waals surface area contributed by atoms with Crippen LogP contribution in [0.4, 0.5) is 8.78 Å². The van der Waals surface area contributed by atoms with E-state index in [-0.39, 0.29) is 6.42 Å². The Morgan fingerprint density at radius 3 is 2.67 bits per heavy atom. The highest BCUT2D eigenvalue weighted by molar-refractivity contribution is 4.80. The molecule has 0 aromatic carbocycles. The van der Waals surface area contributed by atoms with Crippen LogP contribution in [0.1, 0.15) is 38.5 Å². The van der Waals surface area contributed by atoms with Crippen molar-refractivity contribution in [2.75, 3.05) is 6.54 Å². The molecule has 0 aliphatic heterocycles. The number of nitrogens with two attached hydrogens (primary N) is 1. The molecule has 3 heteroatoms. The molecule has 1 aliphatic rings. The van der Waals surface area contributed by atoms with E-state index in [0.29, 0.717) is 25.8 Å². The van der Waals surface area contributed by atoms with Gasteiger partial charge in [0.25, 0.3) is 5.92 Å². The van der Waals surface area contributed by atoms with Crippen LogP contribution in [-0.4, -0.2) is 12.5 Å². The van der Waals surface area contributed by atoms with Crippen LogP contribution in [0.2, 0.25) is 0 Å². The summed E-state index contributed by atoms with van der Waals surface area (Å²) >= 11 is 0. The topological polar surface area (TPSA) is 26.0 Å². The van der Waals surface area contributed by atoms with Gasteiger partial charge in [-0.2, -0.15) is 0 Å². The molecule has 0 heterocycles. The van der Waals surface area contributed by atoms with Gasteiger partial charge in [-0.1, -0.05) is 12.8 Å². The van der Waals surface area contributed by atoms with Crippen LogP contribution < -0.4 is 5.73 Å². The quantitative estimate of drug-likeness (QED) is 0.644. The molecular weight excluding hydrogens is 160 g/mol. The molecule has 0 bridgehead atoms. The SMILES string of the molecule is NCCC1CCCCCC1(F)F. The lowest BCUT2D eigenvalue weighted by molar-refractivity contribution is -0.0654. The Hall–Kier alpha value is -0.180. The van der Waals surface area contributed by atoms with Crippen molar-refractivity contribution in [2.24, 2.45) is 11.7 Å². The van der Waals surface area contributed by atoms with Crippen LogP contribution in [-0.2, 0) is 0 Å². The lowest BCUT2D eigenvalue weighted by Crippen LogP contribution is -2.28. The average Bonchev–Trinajstić information content (AvgIpc) is 2.15. The van der Waals surface area contributed by atoms with Gasteiger partial charge in [0.15, 0.2) is 0 Å². The normalized spacial score (nSPS) is 29.8. The highest BCUT2D eigenvalue weighted by atomic mass is 19.3. The molecule has 1 nitrogen and oxygen atoms in total. The third-order valence-electron chi connectivity index (χ3n) is 2.68. The summed E-state index contributed by atoms with van der Waals surface area (Å²) < 4.78 is 26.5. The van der Waals surface area contributed by atoms with E-state index in [1.165, 1.54) is 0 Å². The molecule has 0 amide bonds. The fourth-order valence-corrected chi connectivity index (χ4v) is 1.90. The molecule has 1 unspecified atom stereocenters. The van der Waals surface area contributed by atoms with Gasteiger partial charge in [0.1, 0.15) is 0 Å². The van der Waals surface area contributed by atoms with E-state index in [0.717, 1.165) is 12.8 Å². The monoisotopic (exact) mass is 177 g/mol. The first-order chi connectivity index (χ1) is 5.67. The molecule has 0 radical (unpaired) electrons. The maximum Gasteiger partial charge on any atom is 0.250 e. The van der Waals surface area contributed by atoms with Crippen LogP contribution >= 0.6 is 0 Å². The minimum absolute atomic E-state index is 0.0671. The Bertz CT molecular complexity index is 136. The third-order valence-corrected chi connectivity index (χ3v) is 2.68. The summed E-state index contributed by atoms with van der Waals surface area (Å²) in [6.45, 7) is 0.389. The summed E-state index contributed by atoms with van der Waals surface area (Å²) in [5.41, 5.74) is 5.30. The predicted molar refractivity (Wildman–Crippen MR) is 45.2 cm³/mol. The minimum Gasteiger partial charge on any atom is -0.330 e. The zero-order valence-electron chi connectivity index (χ0n) is 7.36. The summed E-state index contributed by atoms with van der Waals surface area (Å²) in [6, 6.07) is 0. The zero-order chi connectivity index (χ0) is 9.03. The van der Waals surface area contributed by atoms with E-state index in [1.54, 1.807) is 0 Å². The molecule has 0 spiro atoms. The lowest BCUT2D eigenvalue weighted by atomic mass is 9.93. The van der Waals surface area contributed by atoms with Gasteiger partial charge >= 0.3 is 0 Å². The van der Waals surface area contributed by atoms with Gasteiger partial charge in [-0.15, -0.1) is 0 Å². The summed E-state index contributed by atoms with van der Waals surface area (Å²) in [6.07, 6.45) is 3.78. The molecule has 2 N–H and O–H groups in total. The van der Waals surface area contributed by atoms with Gasteiger partial charge in [0.05, 0.1) is 0 Å². The number of halogens is 2. The van der Waals surface area contributed by atoms with E-state index in [9.17, 15) is 8.78 Å². The lowest BCUT2D eigenvalue weighted by Gasteiger charge is -2.23. The van der Waals surface area contributed by atoms with Gasteiger partial charge in [-0.25, -0.2) is 8.78 Å². The molecule has 12 heavy (non-hydrogen) atoms. The smallest absolute Gasteiger partial charge is 0.250 e. The molecular formula is C9H17F2N. The largest absolute Gasteiger partial charge is 0.330 e. The maximum absolute atomic E-state index is 13.3. The van der Waals surface area contributed by atoms with Gasteiger partial charge in [0.2, 0.25) is 0 Å². The number of hydrogen-bond acceptors (Lipinski definition) is 1. The number of rotatable bonds is 2. The van der Waals surface area contributed by atoms with Crippen molar-refractivity contribution in [1.29, 1.82) is 0 Å². The molecule has 72 valence electrons. The van der Waals surface area contributed by atoms with Crippen LogP contribution in [0.25, 0.3) is 0 Å². The second-order valence-electron chi connectivity index (χ2n) is 3.63. The van der Waals surface area contributed by atoms with Crippen molar-refractivity contribution in [1.82, 2.24) is 0 Å². The Kier molecular flexibility index (Phi) is 3.44. The summed E-state index contributed by atoms with van der Waals surface area (Å²) in [5.74, 6) is -2.90. The Balaban J connectivity index is 2.52. The molecule has 1 aliphatic carbocycles. The Morgan fingerprint density at radius 1 is 1.25 bits per heavy atom. The summed E-state index contributed by atoms with van der Waals surface area (Å²) in [4.78, 5) is 0. The van der Waals surface area contributed by atoms with Crippen LogP contribution in [0.15, 0.2) is 0 Å². The van der Waals surface area contributed by atoms with Crippen LogP contribution in [0.5, 0.6) is 0 Å². The van der Waals surface area contributed by atoms with E-state index in [4.69, 9.17) is 5.73 Å². The molecule has 1 saturated carbocycles. The minimum atomic E-state index is -2.45. The van der Waals surface area contributed by atoms with Gasteiger partial charge in [-0.05, 0) is 25.8 Å². The molecule has 0 aromatic heterocycles. The fourth-order valence-electron chi connectivity index (χ4n) is 1.90. The van der Waals surface area contributed by atoms with E-state index in [1.807, 2.05) is 0 Å². The predicted octanol–water partition coefficient (Wildman–Crippen LogP) is 2.55. The fraction of sp³-hybridized carbons (Fsp3) is 1.00. The van der Waals surface area contributed by atoms with E-state index >= 15 is 0 Å². The van der Waals surface area contributed by atoms with Crippen LogP contribution in [0, 0.1) is 5.92 Å². The second kappa shape index (κ2) is 4.17. The molecule has 1 atom stereocenters. The second-order valence-corrected chi connectivity index (χ2v) is 3.63. The number of hydrogen-bond donors (Lipinski definition) is 1. The van der Waals surface area contributed by atoms with E-state index in [2.05, 4.69) is 0 Å².